The van der Waals surface area contributed by atoms with E-state index in [1.807, 2.05) is 0 Å². The maximum atomic E-state index is 13.0. The van der Waals surface area contributed by atoms with Crippen molar-refractivity contribution in [2.24, 2.45) is 5.73 Å². The maximum absolute atomic E-state index is 13.0. The van der Waals surface area contributed by atoms with E-state index >= 15 is 0 Å². The number of carbonyl (C=O) groups is 1. The van der Waals surface area contributed by atoms with E-state index in [1.54, 1.807) is 18.3 Å². The van der Waals surface area contributed by atoms with E-state index in [4.69, 9.17) is 5.73 Å². The zero-order valence-corrected chi connectivity index (χ0v) is 9.51. The lowest BCUT2D eigenvalue weighted by molar-refractivity contribution is -0.119. The van der Waals surface area contributed by atoms with Gasteiger partial charge in [0, 0.05) is 0 Å². The third kappa shape index (κ3) is 2.89. The van der Waals surface area contributed by atoms with E-state index < -0.39 is 0 Å². The van der Waals surface area contributed by atoms with Crippen LogP contribution in [0.2, 0.25) is 0 Å². The zero-order chi connectivity index (χ0) is 13.0. The molecule has 0 saturated carbocycles. The van der Waals surface area contributed by atoms with Crippen LogP contribution in [-0.2, 0) is 11.3 Å². The van der Waals surface area contributed by atoms with Crippen molar-refractivity contribution >= 4 is 5.91 Å². The summed E-state index contributed by atoms with van der Waals surface area (Å²) in [6.45, 7) is 0.170. The molecule has 7 heteroatoms. The van der Waals surface area contributed by atoms with Crippen LogP contribution in [0.15, 0.2) is 30.5 Å². The average Bonchev–Trinajstić information content (AvgIpc) is 2.84. The van der Waals surface area contributed by atoms with Crippen molar-refractivity contribution < 1.29 is 9.18 Å². The fourth-order valence-corrected chi connectivity index (χ4v) is 1.39. The molecule has 0 unspecified atom stereocenters. The fraction of sp³-hybridized carbons (Fsp3) is 0.182. The molecule has 0 spiro atoms. The molecule has 3 N–H and O–H groups in total. The van der Waals surface area contributed by atoms with Crippen molar-refractivity contribution in [3.05, 3.63) is 42.0 Å². The number of nitrogens with one attached hydrogen (secondary N) is 1. The summed E-state index contributed by atoms with van der Waals surface area (Å²) >= 11 is 0. The van der Waals surface area contributed by atoms with Gasteiger partial charge in [0.2, 0.25) is 5.91 Å². The predicted octanol–water partition coefficient (Wildman–Crippen LogP) is -0.0187. The van der Waals surface area contributed by atoms with Crippen LogP contribution in [0, 0.1) is 5.82 Å². The Morgan fingerprint density at radius 3 is 3.06 bits per heavy atom. The molecule has 0 bridgehead atoms. The molecule has 1 aromatic carbocycles. The number of hydrogen-bond acceptors (Lipinski definition) is 4. The second-order valence-electron chi connectivity index (χ2n) is 3.62. The molecule has 0 aliphatic carbocycles. The molecular formula is C11H12FN5O. The minimum atomic E-state index is -0.346. The van der Waals surface area contributed by atoms with E-state index in [0.717, 1.165) is 0 Å². The van der Waals surface area contributed by atoms with Crippen molar-refractivity contribution in [2.75, 3.05) is 6.54 Å². The van der Waals surface area contributed by atoms with E-state index in [9.17, 15) is 9.18 Å². The lowest BCUT2D eigenvalue weighted by Gasteiger charge is -1.99. The zero-order valence-electron chi connectivity index (χ0n) is 9.51. The maximum Gasteiger partial charge on any atom is 0.234 e. The number of carbonyl (C=O) groups excluding carboxylic acids is 1. The van der Waals surface area contributed by atoms with Gasteiger partial charge >= 0.3 is 0 Å². The van der Waals surface area contributed by atoms with Crippen molar-refractivity contribution in [2.45, 2.75) is 6.54 Å². The molecule has 0 radical (unpaired) electrons. The Morgan fingerprint density at radius 1 is 1.50 bits per heavy atom. The van der Waals surface area contributed by atoms with Crippen LogP contribution in [0.1, 0.15) is 5.69 Å². The third-order valence-corrected chi connectivity index (χ3v) is 2.27. The summed E-state index contributed by atoms with van der Waals surface area (Å²) in [6, 6.07) is 5.99. The van der Waals surface area contributed by atoms with Gasteiger partial charge in [-0.2, -0.15) is 0 Å². The summed E-state index contributed by atoms with van der Waals surface area (Å²) in [5.74, 6) is -0.615. The Morgan fingerprint density at radius 2 is 2.33 bits per heavy atom. The largest absolute Gasteiger partial charge is 0.349 e. The van der Waals surface area contributed by atoms with Gasteiger partial charge in [0.25, 0.3) is 0 Å². The standard InChI is InChI=1S/C11H12FN5O/c12-8-2-1-3-10(4-8)17-7-9(15-16-17)6-14-11(18)5-13/h1-4,7H,5-6,13H2,(H,14,18). The number of nitrogens with zero attached hydrogens (tertiary/aromatic N) is 3. The van der Waals surface area contributed by atoms with Crippen LogP contribution in [0.25, 0.3) is 5.69 Å². The van der Waals surface area contributed by atoms with Gasteiger partial charge in [-0.25, -0.2) is 9.07 Å². The van der Waals surface area contributed by atoms with Crippen LogP contribution in [0.4, 0.5) is 4.39 Å². The van der Waals surface area contributed by atoms with Gasteiger partial charge in [-0.1, -0.05) is 11.3 Å². The van der Waals surface area contributed by atoms with Crippen molar-refractivity contribution in [3.63, 3.8) is 0 Å². The monoisotopic (exact) mass is 249 g/mol. The first kappa shape index (κ1) is 12.2. The summed E-state index contributed by atoms with van der Waals surface area (Å²) in [5, 5.41) is 10.3. The molecule has 1 aromatic heterocycles. The number of rotatable bonds is 4. The van der Waals surface area contributed by atoms with Gasteiger partial charge < -0.3 is 11.1 Å². The lowest BCUT2D eigenvalue weighted by atomic mass is 10.3. The van der Waals surface area contributed by atoms with Crippen molar-refractivity contribution in [1.82, 2.24) is 20.3 Å². The van der Waals surface area contributed by atoms with Gasteiger partial charge in [-0.05, 0) is 18.2 Å². The van der Waals surface area contributed by atoms with Gasteiger partial charge in [-0.15, -0.1) is 5.10 Å². The molecule has 0 fully saturated rings. The van der Waals surface area contributed by atoms with E-state index in [1.165, 1.54) is 16.8 Å². The van der Waals surface area contributed by atoms with Crippen molar-refractivity contribution in [1.29, 1.82) is 0 Å². The highest BCUT2D eigenvalue weighted by Gasteiger charge is 2.04. The first-order valence-corrected chi connectivity index (χ1v) is 5.33. The fourth-order valence-electron chi connectivity index (χ4n) is 1.39. The quantitative estimate of drug-likeness (QED) is 0.797. The number of aromatic nitrogens is 3. The Labute approximate surface area is 103 Å². The van der Waals surface area contributed by atoms with Gasteiger partial charge in [0.05, 0.1) is 25.0 Å². The van der Waals surface area contributed by atoms with Crippen LogP contribution < -0.4 is 11.1 Å². The smallest absolute Gasteiger partial charge is 0.234 e. The summed E-state index contributed by atoms with van der Waals surface area (Å²) in [7, 11) is 0. The van der Waals surface area contributed by atoms with E-state index in [-0.39, 0.29) is 24.8 Å². The Balaban J connectivity index is 2.08. The summed E-state index contributed by atoms with van der Waals surface area (Å²) in [4.78, 5) is 11.0. The van der Waals surface area contributed by atoms with Crippen LogP contribution in [0.3, 0.4) is 0 Å². The van der Waals surface area contributed by atoms with Crippen LogP contribution in [0.5, 0.6) is 0 Å². The minimum Gasteiger partial charge on any atom is -0.349 e. The molecule has 0 atom stereocenters. The topological polar surface area (TPSA) is 85.8 Å². The first-order chi connectivity index (χ1) is 8.69. The first-order valence-electron chi connectivity index (χ1n) is 5.33. The average molecular weight is 249 g/mol. The second kappa shape index (κ2) is 5.37. The van der Waals surface area contributed by atoms with Crippen LogP contribution in [-0.4, -0.2) is 27.4 Å². The molecule has 0 aliphatic heterocycles. The molecule has 0 aliphatic rings. The molecule has 2 rings (SSSR count). The molecule has 0 saturated heterocycles. The molecule has 1 amide bonds. The third-order valence-electron chi connectivity index (χ3n) is 2.27. The minimum absolute atomic E-state index is 0.0714. The summed E-state index contributed by atoms with van der Waals surface area (Å²) < 4.78 is 14.5. The summed E-state index contributed by atoms with van der Waals surface area (Å²) in [5.41, 5.74) is 6.29. The van der Waals surface area contributed by atoms with Gasteiger partial charge in [0.15, 0.2) is 0 Å². The Hall–Kier alpha value is -2.28. The molecular weight excluding hydrogens is 237 g/mol. The highest BCUT2D eigenvalue weighted by molar-refractivity contribution is 5.77. The molecule has 18 heavy (non-hydrogen) atoms. The number of halogens is 1. The SMILES string of the molecule is NCC(=O)NCc1cn(-c2cccc(F)c2)nn1. The highest BCUT2D eigenvalue weighted by Crippen LogP contribution is 2.08. The van der Waals surface area contributed by atoms with Crippen molar-refractivity contribution in [3.8, 4) is 5.69 Å². The number of amides is 1. The van der Waals surface area contributed by atoms with E-state index in [0.29, 0.717) is 11.4 Å². The molecule has 94 valence electrons. The van der Waals surface area contributed by atoms with E-state index in [2.05, 4.69) is 15.6 Å². The number of nitrogens with two attached hydrogens (primary N) is 1. The molecule has 6 nitrogen and oxygen atoms in total. The second-order valence-corrected chi connectivity index (χ2v) is 3.62. The van der Waals surface area contributed by atoms with Gasteiger partial charge in [-0.3, -0.25) is 4.79 Å². The Kier molecular flexibility index (Phi) is 3.63. The molecule has 1 heterocycles. The van der Waals surface area contributed by atoms with Crippen LogP contribution >= 0.6 is 0 Å². The number of hydrogen-bond donors (Lipinski definition) is 2. The Bertz CT molecular complexity index is 554. The predicted molar refractivity (Wildman–Crippen MR) is 62.2 cm³/mol. The number of benzene rings is 1. The lowest BCUT2D eigenvalue weighted by Crippen LogP contribution is -2.29. The highest BCUT2D eigenvalue weighted by atomic mass is 19.1. The normalized spacial score (nSPS) is 10.3. The van der Waals surface area contributed by atoms with Gasteiger partial charge in [0.1, 0.15) is 11.5 Å². The molecule has 2 aromatic rings. The summed E-state index contributed by atoms with van der Waals surface area (Å²) in [6.07, 6.45) is 1.62.